The summed E-state index contributed by atoms with van der Waals surface area (Å²) in [4.78, 5) is 25.3. The highest BCUT2D eigenvalue weighted by molar-refractivity contribution is 7.92. The number of benzene rings is 2. The van der Waals surface area contributed by atoms with Gasteiger partial charge in [-0.05, 0) is 36.4 Å². The fourth-order valence-electron chi connectivity index (χ4n) is 2.61. The maximum absolute atomic E-state index is 13.5. The van der Waals surface area contributed by atoms with Crippen LogP contribution in [0.15, 0.2) is 53.9 Å². The van der Waals surface area contributed by atoms with E-state index in [0.717, 1.165) is 23.7 Å². The summed E-state index contributed by atoms with van der Waals surface area (Å²) in [5.74, 6) is -1.23. The van der Waals surface area contributed by atoms with E-state index < -0.39 is 27.7 Å². The van der Waals surface area contributed by atoms with Crippen molar-refractivity contribution in [3.63, 3.8) is 0 Å². The number of thiophene rings is 1. The second kappa shape index (κ2) is 9.14. The van der Waals surface area contributed by atoms with Crippen LogP contribution in [0, 0.1) is 5.82 Å². The zero-order chi connectivity index (χ0) is 22.6. The van der Waals surface area contributed by atoms with Crippen molar-refractivity contribution < 1.29 is 27.1 Å². The van der Waals surface area contributed by atoms with Crippen LogP contribution in [0.4, 0.5) is 21.5 Å². The van der Waals surface area contributed by atoms with Gasteiger partial charge in [0.25, 0.3) is 11.8 Å². The average Bonchev–Trinajstić information content (AvgIpc) is 3.18. The first-order valence-corrected chi connectivity index (χ1v) is 11.5. The largest absolute Gasteiger partial charge is 0.495 e. The molecule has 0 spiro atoms. The molecule has 3 aromatic rings. The SMILES string of the molecule is COc1ccc(F)cc1NC(=O)c1csc(C(=O)Nc2cccc(NS(C)(=O)=O)c2)c1. The molecule has 0 saturated heterocycles. The molecule has 0 fully saturated rings. The van der Waals surface area contributed by atoms with Crippen molar-refractivity contribution in [1.82, 2.24) is 0 Å². The predicted molar refractivity (Wildman–Crippen MR) is 118 cm³/mol. The van der Waals surface area contributed by atoms with E-state index in [2.05, 4.69) is 15.4 Å². The molecule has 0 atom stereocenters. The van der Waals surface area contributed by atoms with Crippen LogP contribution >= 0.6 is 11.3 Å². The number of anilines is 3. The molecule has 0 radical (unpaired) electrons. The van der Waals surface area contributed by atoms with Crippen LogP contribution < -0.4 is 20.1 Å². The molecule has 3 N–H and O–H groups in total. The van der Waals surface area contributed by atoms with E-state index in [1.54, 1.807) is 18.2 Å². The number of sulfonamides is 1. The van der Waals surface area contributed by atoms with Gasteiger partial charge in [0.15, 0.2) is 0 Å². The van der Waals surface area contributed by atoms with Gasteiger partial charge in [-0.25, -0.2) is 12.8 Å². The standard InChI is InChI=1S/C20H18FN3O5S2/c1-29-17-7-6-13(21)9-16(17)23-19(25)12-8-18(30-11-12)20(26)22-14-4-3-5-15(10-14)24-31(2,27)28/h3-11,24H,1-2H3,(H,22,26)(H,23,25). The summed E-state index contributed by atoms with van der Waals surface area (Å²) in [6.45, 7) is 0. The number of ether oxygens (including phenoxy) is 1. The summed E-state index contributed by atoms with van der Waals surface area (Å²) in [5, 5.41) is 6.70. The third-order valence-corrected chi connectivity index (χ3v) is 5.45. The van der Waals surface area contributed by atoms with E-state index in [0.29, 0.717) is 17.1 Å². The minimum absolute atomic E-state index is 0.167. The van der Waals surface area contributed by atoms with E-state index in [1.165, 1.54) is 36.8 Å². The molecule has 0 aliphatic carbocycles. The van der Waals surface area contributed by atoms with Crippen LogP contribution in [-0.2, 0) is 10.0 Å². The number of carbonyl (C=O) groups excluding carboxylic acids is 2. The summed E-state index contributed by atoms with van der Waals surface area (Å²) in [7, 11) is -2.05. The van der Waals surface area contributed by atoms with Crippen molar-refractivity contribution in [3.8, 4) is 5.75 Å². The molecule has 3 rings (SSSR count). The number of nitrogens with one attached hydrogen (secondary N) is 3. The third-order valence-electron chi connectivity index (χ3n) is 3.92. The molecule has 1 aromatic heterocycles. The van der Waals surface area contributed by atoms with Gasteiger partial charge in [-0.1, -0.05) is 6.07 Å². The van der Waals surface area contributed by atoms with Crippen molar-refractivity contribution in [2.45, 2.75) is 0 Å². The number of carbonyl (C=O) groups is 2. The Balaban J connectivity index is 1.71. The summed E-state index contributed by atoms with van der Waals surface area (Å²) in [5.41, 5.74) is 1.06. The van der Waals surface area contributed by atoms with E-state index in [4.69, 9.17) is 4.74 Å². The molecule has 2 amide bonds. The van der Waals surface area contributed by atoms with Crippen molar-refractivity contribution in [2.24, 2.45) is 0 Å². The Morgan fingerprint density at radius 3 is 2.45 bits per heavy atom. The fraction of sp³-hybridized carbons (Fsp3) is 0.100. The Hall–Kier alpha value is -3.44. The zero-order valence-electron chi connectivity index (χ0n) is 16.4. The number of amides is 2. The van der Waals surface area contributed by atoms with Crippen LogP contribution in [0.5, 0.6) is 5.75 Å². The number of methoxy groups -OCH3 is 1. The number of hydrogen-bond acceptors (Lipinski definition) is 6. The molecule has 2 aromatic carbocycles. The van der Waals surface area contributed by atoms with Crippen LogP contribution in [0.1, 0.15) is 20.0 Å². The predicted octanol–water partition coefficient (Wildman–Crippen LogP) is 3.77. The fourth-order valence-corrected chi connectivity index (χ4v) is 3.95. The van der Waals surface area contributed by atoms with Crippen molar-refractivity contribution >= 4 is 50.2 Å². The van der Waals surface area contributed by atoms with Gasteiger partial charge in [0, 0.05) is 17.1 Å². The summed E-state index contributed by atoms with van der Waals surface area (Å²) in [6.07, 6.45) is 1.02. The Morgan fingerprint density at radius 1 is 1.00 bits per heavy atom. The Bertz CT molecular complexity index is 1240. The first kappa shape index (κ1) is 22.2. The molecule has 8 nitrogen and oxygen atoms in total. The van der Waals surface area contributed by atoms with E-state index in [-0.39, 0.29) is 16.1 Å². The molecule has 31 heavy (non-hydrogen) atoms. The molecule has 0 aliphatic heterocycles. The summed E-state index contributed by atoms with van der Waals surface area (Å²) < 4.78 is 43.6. The maximum atomic E-state index is 13.5. The maximum Gasteiger partial charge on any atom is 0.265 e. The van der Waals surface area contributed by atoms with Gasteiger partial charge < -0.3 is 15.4 Å². The molecule has 0 unspecified atom stereocenters. The van der Waals surface area contributed by atoms with Crippen LogP contribution in [0.3, 0.4) is 0 Å². The average molecular weight is 464 g/mol. The zero-order valence-corrected chi connectivity index (χ0v) is 18.1. The highest BCUT2D eigenvalue weighted by Gasteiger charge is 2.16. The Kier molecular flexibility index (Phi) is 6.56. The van der Waals surface area contributed by atoms with Gasteiger partial charge in [-0.3, -0.25) is 14.3 Å². The van der Waals surface area contributed by atoms with E-state index >= 15 is 0 Å². The van der Waals surface area contributed by atoms with Crippen molar-refractivity contribution in [2.75, 3.05) is 28.7 Å². The minimum atomic E-state index is -3.45. The molecule has 0 saturated carbocycles. The second-order valence-corrected chi connectivity index (χ2v) is 9.07. The molecule has 11 heteroatoms. The lowest BCUT2D eigenvalue weighted by atomic mass is 10.2. The first-order chi connectivity index (χ1) is 14.6. The Labute approximate surface area is 182 Å². The number of rotatable bonds is 7. The van der Waals surface area contributed by atoms with Gasteiger partial charge in [0.1, 0.15) is 11.6 Å². The molecular weight excluding hydrogens is 445 g/mol. The summed E-state index contributed by atoms with van der Waals surface area (Å²) in [6, 6.07) is 11.3. The van der Waals surface area contributed by atoms with E-state index in [9.17, 15) is 22.4 Å². The van der Waals surface area contributed by atoms with Gasteiger partial charge in [-0.2, -0.15) is 0 Å². The van der Waals surface area contributed by atoms with Crippen LogP contribution in [-0.4, -0.2) is 33.6 Å². The molecule has 0 bridgehead atoms. The topological polar surface area (TPSA) is 114 Å². The monoisotopic (exact) mass is 463 g/mol. The lowest BCUT2D eigenvalue weighted by molar-refractivity contribution is 0.102. The van der Waals surface area contributed by atoms with Gasteiger partial charge in [0.2, 0.25) is 10.0 Å². The van der Waals surface area contributed by atoms with Crippen LogP contribution in [0.2, 0.25) is 0 Å². The molecule has 0 aliphatic rings. The normalized spacial score (nSPS) is 10.9. The van der Waals surface area contributed by atoms with Crippen molar-refractivity contribution in [3.05, 3.63) is 70.2 Å². The molecule has 1 heterocycles. The van der Waals surface area contributed by atoms with Crippen molar-refractivity contribution in [1.29, 1.82) is 0 Å². The highest BCUT2D eigenvalue weighted by atomic mass is 32.2. The highest BCUT2D eigenvalue weighted by Crippen LogP contribution is 2.26. The van der Waals surface area contributed by atoms with Gasteiger partial charge in [0.05, 0.1) is 35.2 Å². The molecule has 162 valence electrons. The number of hydrogen-bond donors (Lipinski definition) is 3. The van der Waals surface area contributed by atoms with Crippen LogP contribution in [0.25, 0.3) is 0 Å². The third kappa shape index (κ3) is 6.03. The first-order valence-electron chi connectivity index (χ1n) is 8.77. The molecular formula is C20H18FN3O5S2. The minimum Gasteiger partial charge on any atom is -0.495 e. The Morgan fingerprint density at radius 2 is 1.74 bits per heavy atom. The smallest absolute Gasteiger partial charge is 0.265 e. The second-order valence-electron chi connectivity index (χ2n) is 6.41. The van der Waals surface area contributed by atoms with E-state index in [1.807, 2.05) is 0 Å². The lowest BCUT2D eigenvalue weighted by Crippen LogP contribution is -2.13. The van der Waals surface area contributed by atoms with Gasteiger partial charge in [-0.15, -0.1) is 11.3 Å². The number of halogens is 1. The lowest BCUT2D eigenvalue weighted by Gasteiger charge is -2.09. The van der Waals surface area contributed by atoms with Gasteiger partial charge >= 0.3 is 0 Å². The quantitative estimate of drug-likeness (QED) is 0.494. The summed E-state index contributed by atoms with van der Waals surface area (Å²) >= 11 is 1.05.